The van der Waals surface area contributed by atoms with Crippen molar-refractivity contribution in [1.82, 2.24) is 0 Å². The van der Waals surface area contributed by atoms with Crippen molar-refractivity contribution in [2.24, 2.45) is 0 Å². The van der Waals surface area contributed by atoms with Gasteiger partial charge in [0, 0.05) is 6.61 Å². The van der Waals surface area contributed by atoms with Crippen LogP contribution in [0, 0.1) is 0 Å². The van der Waals surface area contributed by atoms with E-state index < -0.39 is 5.60 Å². The maximum Gasteiger partial charge on any atom is 0.0852 e. The smallest absolute Gasteiger partial charge is 0.0852 e. The zero-order chi connectivity index (χ0) is 8.74. The summed E-state index contributed by atoms with van der Waals surface area (Å²) in [5.41, 5.74) is -0.621. The number of hydrogen-bond acceptors (Lipinski definition) is 2. The largest absolute Gasteiger partial charge is 0.388 e. The molecule has 0 rings (SSSR count). The molecule has 1 unspecified atom stereocenters. The molecule has 0 heterocycles. The topological polar surface area (TPSA) is 29.5 Å². The molecule has 0 aliphatic carbocycles. The fraction of sp³-hybridized carbons (Fsp3) is 1.00. The van der Waals surface area contributed by atoms with Gasteiger partial charge in [0.25, 0.3) is 0 Å². The molecule has 1 atom stereocenters. The molecule has 0 bridgehead atoms. The van der Waals surface area contributed by atoms with Crippen molar-refractivity contribution in [1.29, 1.82) is 0 Å². The highest BCUT2D eigenvalue weighted by molar-refractivity contribution is 4.70. The van der Waals surface area contributed by atoms with E-state index in [-0.39, 0.29) is 0 Å². The average Bonchev–Trinajstić information content (AvgIpc) is 1.87. The minimum atomic E-state index is -0.621. The van der Waals surface area contributed by atoms with Crippen LogP contribution in [0.25, 0.3) is 0 Å². The van der Waals surface area contributed by atoms with Crippen LogP contribution in [-0.4, -0.2) is 23.9 Å². The van der Waals surface area contributed by atoms with E-state index in [0.29, 0.717) is 6.61 Å². The molecule has 2 heteroatoms. The number of aliphatic hydroxyl groups is 1. The highest BCUT2D eigenvalue weighted by Gasteiger charge is 2.18. The summed E-state index contributed by atoms with van der Waals surface area (Å²) in [4.78, 5) is 0. The Balaban J connectivity index is 3.38. The standard InChI is InChI=1S/C9H20O2/c1-4-6-9(3,10)8-11-7-5-2/h10H,4-8H2,1-3H3. The van der Waals surface area contributed by atoms with E-state index in [4.69, 9.17) is 4.74 Å². The van der Waals surface area contributed by atoms with Gasteiger partial charge in [-0.25, -0.2) is 0 Å². The maximum atomic E-state index is 9.62. The first-order valence-corrected chi connectivity index (χ1v) is 4.42. The van der Waals surface area contributed by atoms with Crippen LogP contribution in [0.5, 0.6) is 0 Å². The predicted molar refractivity (Wildman–Crippen MR) is 46.6 cm³/mol. The maximum absolute atomic E-state index is 9.62. The second-order valence-electron chi connectivity index (χ2n) is 3.30. The zero-order valence-corrected chi connectivity index (χ0v) is 7.89. The summed E-state index contributed by atoms with van der Waals surface area (Å²) in [6.45, 7) is 7.17. The molecule has 0 aliphatic heterocycles. The summed E-state index contributed by atoms with van der Waals surface area (Å²) in [7, 11) is 0. The van der Waals surface area contributed by atoms with Crippen molar-refractivity contribution < 1.29 is 9.84 Å². The average molecular weight is 160 g/mol. The van der Waals surface area contributed by atoms with Crippen molar-refractivity contribution >= 4 is 0 Å². The molecular weight excluding hydrogens is 140 g/mol. The molecule has 0 spiro atoms. The van der Waals surface area contributed by atoms with Gasteiger partial charge < -0.3 is 9.84 Å². The van der Waals surface area contributed by atoms with Crippen molar-refractivity contribution in [3.05, 3.63) is 0 Å². The first-order valence-electron chi connectivity index (χ1n) is 4.42. The van der Waals surface area contributed by atoms with Gasteiger partial charge in [0.2, 0.25) is 0 Å². The minimum absolute atomic E-state index is 0.467. The summed E-state index contributed by atoms with van der Waals surface area (Å²) in [6, 6.07) is 0. The van der Waals surface area contributed by atoms with Gasteiger partial charge in [-0.15, -0.1) is 0 Å². The Morgan fingerprint density at radius 3 is 2.36 bits per heavy atom. The van der Waals surface area contributed by atoms with E-state index in [1.165, 1.54) is 0 Å². The van der Waals surface area contributed by atoms with Crippen LogP contribution in [0.3, 0.4) is 0 Å². The van der Waals surface area contributed by atoms with Crippen molar-refractivity contribution in [3.8, 4) is 0 Å². The second-order valence-corrected chi connectivity index (χ2v) is 3.30. The third-order valence-electron chi connectivity index (χ3n) is 1.55. The van der Waals surface area contributed by atoms with Crippen LogP contribution in [0.1, 0.15) is 40.0 Å². The van der Waals surface area contributed by atoms with E-state index in [9.17, 15) is 5.11 Å². The van der Waals surface area contributed by atoms with Crippen LogP contribution < -0.4 is 0 Å². The molecule has 0 radical (unpaired) electrons. The molecule has 0 saturated heterocycles. The van der Waals surface area contributed by atoms with Gasteiger partial charge in [-0.2, -0.15) is 0 Å². The van der Waals surface area contributed by atoms with E-state index >= 15 is 0 Å². The lowest BCUT2D eigenvalue weighted by Gasteiger charge is -2.21. The second kappa shape index (κ2) is 5.56. The molecule has 2 nitrogen and oxygen atoms in total. The molecule has 0 aromatic carbocycles. The Hall–Kier alpha value is -0.0800. The van der Waals surface area contributed by atoms with Crippen molar-refractivity contribution in [3.63, 3.8) is 0 Å². The first-order chi connectivity index (χ1) is 5.12. The lowest BCUT2D eigenvalue weighted by molar-refractivity contribution is -0.0388. The molecule has 0 amide bonds. The van der Waals surface area contributed by atoms with E-state index in [0.717, 1.165) is 25.9 Å². The number of ether oxygens (including phenoxy) is 1. The van der Waals surface area contributed by atoms with Crippen LogP contribution in [-0.2, 0) is 4.74 Å². The van der Waals surface area contributed by atoms with Gasteiger partial charge in [-0.3, -0.25) is 0 Å². The zero-order valence-electron chi connectivity index (χ0n) is 7.89. The summed E-state index contributed by atoms with van der Waals surface area (Å²) in [5, 5.41) is 9.62. The van der Waals surface area contributed by atoms with Gasteiger partial charge in [0.05, 0.1) is 12.2 Å². The SMILES string of the molecule is CCCOCC(C)(O)CCC. The Bertz CT molecular complexity index is 89.6. The first kappa shape index (κ1) is 10.9. The van der Waals surface area contributed by atoms with E-state index in [1.807, 2.05) is 6.92 Å². The summed E-state index contributed by atoms with van der Waals surface area (Å²) < 4.78 is 5.25. The monoisotopic (exact) mass is 160 g/mol. The minimum Gasteiger partial charge on any atom is -0.388 e. The van der Waals surface area contributed by atoms with E-state index in [1.54, 1.807) is 0 Å². The highest BCUT2D eigenvalue weighted by atomic mass is 16.5. The molecule has 0 fully saturated rings. The Labute approximate surface area is 69.6 Å². The molecule has 11 heavy (non-hydrogen) atoms. The van der Waals surface area contributed by atoms with Crippen LogP contribution in [0.4, 0.5) is 0 Å². The third-order valence-corrected chi connectivity index (χ3v) is 1.55. The third kappa shape index (κ3) is 6.32. The Morgan fingerprint density at radius 1 is 1.27 bits per heavy atom. The fourth-order valence-electron chi connectivity index (χ4n) is 1.05. The van der Waals surface area contributed by atoms with Gasteiger partial charge in [-0.1, -0.05) is 20.3 Å². The molecule has 0 aromatic heterocycles. The van der Waals surface area contributed by atoms with E-state index in [2.05, 4.69) is 13.8 Å². The normalized spacial score (nSPS) is 16.4. The van der Waals surface area contributed by atoms with Crippen LogP contribution in [0.2, 0.25) is 0 Å². The molecule has 0 saturated carbocycles. The lowest BCUT2D eigenvalue weighted by atomic mass is 10.0. The number of rotatable bonds is 6. The quantitative estimate of drug-likeness (QED) is 0.602. The molecule has 0 aromatic rings. The van der Waals surface area contributed by atoms with Crippen LogP contribution >= 0.6 is 0 Å². The van der Waals surface area contributed by atoms with Gasteiger partial charge >= 0.3 is 0 Å². The molecule has 1 N–H and O–H groups in total. The highest BCUT2D eigenvalue weighted by Crippen LogP contribution is 2.11. The Morgan fingerprint density at radius 2 is 1.91 bits per heavy atom. The van der Waals surface area contributed by atoms with Gasteiger partial charge in [0.15, 0.2) is 0 Å². The summed E-state index contributed by atoms with van der Waals surface area (Å²) >= 11 is 0. The molecule has 68 valence electrons. The fourth-order valence-corrected chi connectivity index (χ4v) is 1.05. The Kier molecular flexibility index (Phi) is 5.51. The molecule has 0 aliphatic rings. The summed E-state index contributed by atoms with van der Waals surface area (Å²) in [6.07, 6.45) is 2.83. The van der Waals surface area contributed by atoms with Crippen molar-refractivity contribution in [2.45, 2.75) is 45.6 Å². The number of hydrogen-bond donors (Lipinski definition) is 1. The predicted octanol–water partition coefficient (Wildman–Crippen LogP) is 1.96. The van der Waals surface area contributed by atoms with Gasteiger partial charge in [0.1, 0.15) is 0 Å². The summed E-state index contributed by atoms with van der Waals surface area (Å²) in [5.74, 6) is 0. The van der Waals surface area contributed by atoms with Crippen LogP contribution in [0.15, 0.2) is 0 Å². The van der Waals surface area contributed by atoms with Crippen molar-refractivity contribution in [2.75, 3.05) is 13.2 Å². The molecular formula is C9H20O2. The van der Waals surface area contributed by atoms with Gasteiger partial charge in [-0.05, 0) is 19.8 Å². The lowest BCUT2D eigenvalue weighted by Crippen LogP contribution is -2.30.